The van der Waals surface area contributed by atoms with Crippen LogP contribution in [0.1, 0.15) is 120 Å². The van der Waals surface area contributed by atoms with Crippen LogP contribution in [0, 0.1) is 18.8 Å². The first kappa shape index (κ1) is 56.0. The molecule has 10 bridgehead atoms. The first-order valence-corrected chi connectivity index (χ1v) is 30.6. The minimum absolute atomic E-state index is 0.0247. The van der Waals surface area contributed by atoms with Crippen molar-refractivity contribution in [1.82, 2.24) is 55.7 Å². The van der Waals surface area contributed by atoms with Gasteiger partial charge in [-0.05, 0) is 50.3 Å². The van der Waals surface area contributed by atoms with Gasteiger partial charge in [-0.1, -0.05) is 37.3 Å². The summed E-state index contributed by atoms with van der Waals surface area (Å²) in [7, 11) is 0. The minimum Gasteiger partial charge on any atom is -0.481 e. The van der Waals surface area contributed by atoms with E-state index < -0.39 is 96.4 Å². The number of thiazole rings is 6. The molecule has 0 spiro atoms. The number of nitrogens with one attached hydrogen (secondary N) is 4. The van der Waals surface area contributed by atoms with Gasteiger partial charge in [-0.2, -0.15) is 0 Å². The standard InChI is InChI=1S/C52H47N13O11S6/c1-21-33(66)15-65-39(21)49-59-32(19-80-49)46-56-29(16-78-46)37-26(12-13-27(54-37)45-60-35(20-81-45)61-52(75)76-25-10-8-24(9-11-25)50(72)73)44-57-30(17-77-44)41(69)55-28(14-34(53)67)47-63-36(22(2)82-47)43(71)62-38(40(68)23-6-4-3-5-7-23)48-58-31(18-79-48)42(70)64-51(65)74/h3-7,12-13,16-21,24-25,28,33,38-40,66,68H,8-11,14-15H2,1-2H3,(H2,53,67)(H,55,69)(H,61,75)(H,62,71)(H,72,73)(H,64,70,74)/t21-,24?,25?,28-,33-,38-,39-,40+/m0/s1. The van der Waals surface area contributed by atoms with Crippen molar-refractivity contribution in [3.05, 3.63) is 112 Å². The van der Waals surface area contributed by atoms with Crippen LogP contribution >= 0.6 is 68.0 Å². The number of carboxylic acids is 1. The Labute approximate surface area is 489 Å². The van der Waals surface area contributed by atoms with E-state index in [9.17, 15) is 48.9 Å². The zero-order chi connectivity index (χ0) is 57.5. The molecule has 11 rings (SSSR count). The number of carbonyl (C=O) groups is 7. The predicted octanol–water partition coefficient (Wildman–Crippen LogP) is 7.76. The number of carbonyl (C=O) groups excluding carboxylic acids is 6. The minimum atomic E-state index is -1.39. The van der Waals surface area contributed by atoms with Crippen LogP contribution in [0.15, 0.2) is 69.4 Å². The van der Waals surface area contributed by atoms with E-state index in [0.29, 0.717) is 84.5 Å². The first-order valence-electron chi connectivity index (χ1n) is 25.3. The molecule has 24 nitrogen and oxygen atoms in total. The Morgan fingerprint density at radius 2 is 1.40 bits per heavy atom. The summed E-state index contributed by atoms with van der Waals surface area (Å²) in [5, 5.41) is 53.1. The summed E-state index contributed by atoms with van der Waals surface area (Å²) < 4.78 is 5.59. The number of fused-ring (bicyclic) bond motifs is 16. The van der Waals surface area contributed by atoms with Gasteiger partial charge in [0.25, 0.3) is 17.7 Å². The van der Waals surface area contributed by atoms with E-state index in [-0.39, 0.29) is 39.5 Å². The van der Waals surface area contributed by atoms with Gasteiger partial charge in [-0.3, -0.25) is 34.6 Å². The molecule has 7 amide bonds. The lowest BCUT2D eigenvalue weighted by Gasteiger charge is -2.25. The van der Waals surface area contributed by atoms with Gasteiger partial charge in [0, 0.05) is 49.8 Å². The zero-order valence-corrected chi connectivity index (χ0v) is 47.9. The van der Waals surface area contributed by atoms with Crippen LogP contribution in [-0.2, 0) is 14.3 Å². The van der Waals surface area contributed by atoms with Crippen LogP contribution in [0.3, 0.4) is 0 Å². The Balaban J connectivity index is 0.947. The number of pyridine rings is 1. The highest BCUT2D eigenvalue weighted by Gasteiger charge is 2.44. The number of urea groups is 1. The van der Waals surface area contributed by atoms with Crippen LogP contribution in [-0.4, -0.2) is 116 Å². The monoisotopic (exact) mass is 1220 g/mol. The van der Waals surface area contributed by atoms with Gasteiger partial charge in [0.05, 0.1) is 36.2 Å². The molecule has 3 aliphatic rings. The van der Waals surface area contributed by atoms with E-state index in [1.165, 1.54) is 49.7 Å². The van der Waals surface area contributed by atoms with Crippen molar-refractivity contribution in [1.29, 1.82) is 0 Å². The van der Waals surface area contributed by atoms with E-state index >= 15 is 0 Å². The average Bonchev–Trinajstić information content (AvgIpc) is 4.52. The number of hydrogen-bond acceptors (Lipinski definition) is 23. The van der Waals surface area contributed by atoms with Gasteiger partial charge in [0.15, 0.2) is 0 Å². The topological polar surface area (TPSA) is 357 Å². The van der Waals surface area contributed by atoms with Crippen LogP contribution in [0.2, 0.25) is 0 Å². The number of primary amides is 1. The molecule has 422 valence electrons. The zero-order valence-electron chi connectivity index (χ0n) is 43.0. The summed E-state index contributed by atoms with van der Waals surface area (Å²) in [6.07, 6.45) is -2.28. The van der Waals surface area contributed by atoms with Crippen molar-refractivity contribution in [2.24, 2.45) is 17.6 Å². The SMILES string of the molecule is Cc1sc2nc1C(=O)N[C@@H]([C@H](O)c1ccccc1)c1nc(cs1)C(=O)NC(=O)N1C[C@H](O)[C@H](C)[C@H]1c1nc(cs1)-c1nc(cs1)-c1nc(-c3nc(NC(=O)OC4CCC(C(=O)O)CC4)cs3)ccc1-c1nc(cs1)C(=O)N[C@H]2CC(N)=O. The van der Waals surface area contributed by atoms with E-state index in [0.717, 1.165) is 34.0 Å². The van der Waals surface area contributed by atoms with Crippen molar-refractivity contribution in [2.75, 3.05) is 11.9 Å². The molecule has 0 radical (unpaired) electrons. The summed E-state index contributed by atoms with van der Waals surface area (Å²) >= 11 is 6.85. The number of ether oxygens (including phenoxy) is 1. The van der Waals surface area contributed by atoms with Crippen molar-refractivity contribution >= 4 is 116 Å². The molecule has 7 aromatic heterocycles. The summed E-state index contributed by atoms with van der Waals surface area (Å²) in [5.74, 6) is -4.72. The second-order valence-electron chi connectivity index (χ2n) is 19.4. The van der Waals surface area contributed by atoms with E-state index in [1.54, 1.807) is 72.5 Å². The lowest BCUT2D eigenvalue weighted by Crippen LogP contribution is -2.43. The molecule has 2 aliphatic heterocycles. The largest absolute Gasteiger partial charge is 0.481 e. The molecule has 9 N–H and O–H groups in total. The van der Waals surface area contributed by atoms with Crippen LogP contribution in [0.25, 0.3) is 43.4 Å². The molecule has 82 heavy (non-hydrogen) atoms. The molecule has 1 aliphatic carbocycles. The van der Waals surface area contributed by atoms with Gasteiger partial charge in [-0.15, -0.1) is 68.0 Å². The fourth-order valence-electron chi connectivity index (χ4n) is 9.68. The van der Waals surface area contributed by atoms with Crippen LogP contribution in [0.4, 0.5) is 15.4 Å². The van der Waals surface area contributed by atoms with Gasteiger partial charge in [-0.25, -0.2) is 44.5 Å². The average molecular weight is 1220 g/mol. The molecule has 2 fully saturated rings. The maximum Gasteiger partial charge on any atom is 0.413 e. The molecular formula is C52H47N13O11S6. The molecule has 1 aromatic carbocycles. The Morgan fingerprint density at radius 1 is 0.732 bits per heavy atom. The number of rotatable bonds is 8. The maximum atomic E-state index is 14.3. The summed E-state index contributed by atoms with van der Waals surface area (Å²) in [5.41, 5.74) is 7.89. The number of hydrogen-bond donors (Lipinski definition) is 8. The summed E-state index contributed by atoms with van der Waals surface area (Å²) in [6.45, 7) is 3.28. The molecule has 30 heteroatoms. The third-order valence-corrected chi connectivity index (χ3v) is 19.5. The maximum absolute atomic E-state index is 14.3. The lowest BCUT2D eigenvalue weighted by atomic mass is 9.87. The number of aliphatic carboxylic acids is 1. The van der Waals surface area contributed by atoms with E-state index in [4.69, 9.17) is 30.4 Å². The molecule has 8 aromatic rings. The number of anilines is 1. The number of aromatic nitrogens is 7. The van der Waals surface area contributed by atoms with Gasteiger partial charge < -0.3 is 41.3 Å². The highest BCUT2D eigenvalue weighted by atomic mass is 32.1. The molecule has 1 saturated carbocycles. The Bertz CT molecular complexity index is 3770. The van der Waals surface area contributed by atoms with Crippen molar-refractivity contribution in [3.8, 4) is 43.4 Å². The predicted molar refractivity (Wildman–Crippen MR) is 304 cm³/mol. The fourth-order valence-corrected chi connectivity index (χ4v) is 14.9. The van der Waals surface area contributed by atoms with Gasteiger partial charge >= 0.3 is 18.1 Å². The second-order valence-corrected chi connectivity index (χ2v) is 25.0. The van der Waals surface area contributed by atoms with Crippen molar-refractivity contribution in [3.63, 3.8) is 0 Å². The molecular weight excluding hydrogens is 1180 g/mol. The highest BCUT2D eigenvalue weighted by Crippen LogP contribution is 2.43. The third kappa shape index (κ3) is 11.8. The smallest absolute Gasteiger partial charge is 0.413 e. The number of aliphatic hydroxyl groups excluding tert-OH is 2. The molecule has 6 atom stereocenters. The molecule has 9 heterocycles. The second kappa shape index (κ2) is 23.6. The number of benzene rings is 1. The number of carboxylic acid groups (broad SMARTS) is 1. The third-order valence-electron chi connectivity index (χ3n) is 14.0. The Hall–Kier alpha value is -7.84. The number of nitrogens with two attached hydrogens (primary N) is 1. The Kier molecular flexibility index (Phi) is 16.1. The number of nitrogens with zero attached hydrogens (tertiary/aromatic N) is 8. The fraction of sp³-hybridized carbons (Fsp3) is 0.308. The number of amides is 7. The first-order chi connectivity index (χ1) is 39.4. The van der Waals surface area contributed by atoms with Crippen molar-refractivity contribution in [2.45, 2.75) is 82.4 Å². The molecule has 0 unspecified atom stereocenters. The van der Waals surface area contributed by atoms with Gasteiger partial charge in [0.2, 0.25) is 5.91 Å². The number of imide groups is 1. The molecule has 1 saturated heterocycles. The normalized spacial score (nSPS) is 21.7. The number of aliphatic hydroxyl groups is 2. The summed E-state index contributed by atoms with van der Waals surface area (Å²) in [6, 6.07) is 7.99. The van der Waals surface area contributed by atoms with Crippen LogP contribution < -0.4 is 27.0 Å². The Morgan fingerprint density at radius 3 is 2.17 bits per heavy atom. The quantitative estimate of drug-likeness (QED) is 0.0720. The van der Waals surface area contributed by atoms with Crippen LogP contribution in [0.5, 0.6) is 0 Å². The highest BCUT2D eigenvalue weighted by molar-refractivity contribution is 7.15. The van der Waals surface area contributed by atoms with E-state index in [1.807, 2.05) is 0 Å². The van der Waals surface area contributed by atoms with Gasteiger partial charge in [0.1, 0.15) is 88.3 Å². The van der Waals surface area contributed by atoms with E-state index in [2.05, 4.69) is 36.2 Å². The van der Waals surface area contributed by atoms with Crippen molar-refractivity contribution < 1.29 is 53.6 Å². The summed E-state index contributed by atoms with van der Waals surface area (Å²) in [4.78, 5) is 128. The number of aryl methyl sites for hydroxylation is 1. The lowest BCUT2D eigenvalue weighted by molar-refractivity contribution is -0.143.